The van der Waals surface area contributed by atoms with Crippen LogP contribution < -0.4 is 10.1 Å². The van der Waals surface area contributed by atoms with E-state index in [1.807, 2.05) is 17.9 Å². The fraction of sp³-hybridized carbons (Fsp3) is 0.444. The third kappa shape index (κ3) is 4.30. The zero-order valence-corrected chi connectivity index (χ0v) is 15.0. The first-order valence-electron chi connectivity index (χ1n) is 8.59. The van der Waals surface area contributed by atoms with E-state index in [2.05, 4.69) is 26.5 Å². The predicted octanol–water partition coefficient (Wildman–Crippen LogP) is 2.14. The van der Waals surface area contributed by atoms with Gasteiger partial charge in [-0.25, -0.2) is 8.78 Å². The molecule has 3 rings (SSSR count). The van der Waals surface area contributed by atoms with Crippen molar-refractivity contribution in [3.8, 4) is 5.75 Å². The van der Waals surface area contributed by atoms with Crippen molar-refractivity contribution >= 4 is 5.96 Å². The van der Waals surface area contributed by atoms with Crippen molar-refractivity contribution in [2.45, 2.75) is 12.3 Å². The van der Waals surface area contributed by atoms with Crippen LogP contribution in [0.1, 0.15) is 17.9 Å². The lowest BCUT2D eigenvalue weighted by atomic mass is 10.0. The Hall–Kier alpha value is -2.64. The number of hydrogen-bond acceptors (Lipinski definition) is 3. The first-order valence-corrected chi connectivity index (χ1v) is 8.59. The molecule has 2 aromatic rings. The summed E-state index contributed by atoms with van der Waals surface area (Å²) in [6.07, 6.45) is 5.03. The molecular weight excluding hydrogens is 340 g/mol. The number of nitrogens with zero attached hydrogens (tertiary/aromatic N) is 4. The van der Waals surface area contributed by atoms with Crippen molar-refractivity contribution in [2.75, 3.05) is 33.3 Å². The number of guanidine groups is 1. The Labute approximate surface area is 151 Å². The van der Waals surface area contributed by atoms with Crippen LogP contribution in [-0.2, 0) is 7.05 Å². The molecule has 6 nitrogen and oxygen atoms in total. The number of halogens is 2. The summed E-state index contributed by atoms with van der Waals surface area (Å²) in [6.45, 7) is 2.64. The van der Waals surface area contributed by atoms with E-state index in [4.69, 9.17) is 4.74 Å². The zero-order chi connectivity index (χ0) is 18.5. The van der Waals surface area contributed by atoms with Crippen LogP contribution in [0.4, 0.5) is 8.78 Å². The van der Waals surface area contributed by atoms with E-state index in [-0.39, 0.29) is 0 Å². The third-order valence-corrected chi connectivity index (χ3v) is 4.44. The molecule has 1 aromatic carbocycles. The van der Waals surface area contributed by atoms with E-state index in [1.54, 1.807) is 7.05 Å². The van der Waals surface area contributed by atoms with Crippen LogP contribution in [0.25, 0.3) is 0 Å². The van der Waals surface area contributed by atoms with Gasteiger partial charge in [0.2, 0.25) is 0 Å². The van der Waals surface area contributed by atoms with Gasteiger partial charge in [-0.3, -0.25) is 9.67 Å². The number of nitrogens with one attached hydrogen (secondary N) is 1. The Morgan fingerprint density at radius 3 is 2.92 bits per heavy atom. The van der Waals surface area contributed by atoms with Gasteiger partial charge >= 0.3 is 0 Å². The van der Waals surface area contributed by atoms with Gasteiger partial charge in [-0.1, -0.05) is 0 Å². The molecule has 1 aromatic heterocycles. The van der Waals surface area contributed by atoms with Crippen LogP contribution in [-0.4, -0.2) is 53.9 Å². The van der Waals surface area contributed by atoms with E-state index < -0.39 is 11.6 Å². The molecule has 1 fully saturated rings. The van der Waals surface area contributed by atoms with Crippen LogP contribution in [0.2, 0.25) is 0 Å². The lowest BCUT2D eigenvalue weighted by Crippen LogP contribution is -2.41. The van der Waals surface area contributed by atoms with Crippen LogP contribution >= 0.6 is 0 Å². The van der Waals surface area contributed by atoms with Crippen molar-refractivity contribution in [1.29, 1.82) is 0 Å². The number of likely N-dealkylation sites (tertiary alicyclic amines) is 1. The van der Waals surface area contributed by atoms with E-state index in [1.165, 1.54) is 11.6 Å². The summed E-state index contributed by atoms with van der Waals surface area (Å²) in [5.41, 5.74) is 1.24. The summed E-state index contributed by atoms with van der Waals surface area (Å²) in [7, 11) is 3.67. The highest BCUT2D eigenvalue weighted by Gasteiger charge is 2.26. The van der Waals surface area contributed by atoms with Crippen molar-refractivity contribution in [3.05, 3.63) is 47.8 Å². The lowest BCUT2D eigenvalue weighted by Gasteiger charge is -2.21. The fourth-order valence-electron chi connectivity index (χ4n) is 3.11. The van der Waals surface area contributed by atoms with E-state index in [0.717, 1.165) is 37.6 Å². The van der Waals surface area contributed by atoms with E-state index in [0.29, 0.717) is 24.8 Å². The number of hydrogen-bond donors (Lipinski definition) is 1. The second-order valence-corrected chi connectivity index (χ2v) is 6.28. The maximum Gasteiger partial charge on any atom is 0.193 e. The van der Waals surface area contributed by atoms with Gasteiger partial charge in [0.15, 0.2) is 17.6 Å². The monoisotopic (exact) mass is 363 g/mol. The number of aromatic nitrogens is 2. The quantitative estimate of drug-likeness (QED) is 0.502. The lowest BCUT2D eigenvalue weighted by molar-refractivity contribution is 0.316. The molecule has 0 radical (unpaired) electrons. The van der Waals surface area contributed by atoms with Gasteiger partial charge < -0.3 is 15.0 Å². The van der Waals surface area contributed by atoms with Crippen molar-refractivity contribution in [3.63, 3.8) is 0 Å². The Balaban J connectivity index is 1.45. The Bertz CT molecular complexity index is 777. The third-order valence-electron chi connectivity index (χ3n) is 4.44. The van der Waals surface area contributed by atoms with Gasteiger partial charge in [0.25, 0.3) is 0 Å². The standard InChI is InChI=1S/C18H23F2N5O/c1-21-18(22-6-8-26-15-3-4-16(19)17(20)9-15)25-7-5-13(12-25)14-10-23-24(2)11-14/h3-4,9-11,13H,5-8,12H2,1-2H3,(H,21,22). The first kappa shape index (κ1) is 18.2. The summed E-state index contributed by atoms with van der Waals surface area (Å²) in [5.74, 6) is -0.234. The molecule has 0 amide bonds. The molecule has 26 heavy (non-hydrogen) atoms. The molecule has 0 spiro atoms. The van der Waals surface area contributed by atoms with Gasteiger partial charge in [-0.15, -0.1) is 0 Å². The highest BCUT2D eigenvalue weighted by Crippen LogP contribution is 2.26. The largest absolute Gasteiger partial charge is 0.492 e. The van der Waals surface area contributed by atoms with Crippen molar-refractivity contribution in [2.24, 2.45) is 12.0 Å². The molecular formula is C18H23F2N5O. The summed E-state index contributed by atoms with van der Waals surface area (Å²) < 4.78 is 33.3. The molecule has 0 saturated carbocycles. The highest BCUT2D eigenvalue weighted by molar-refractivity contribution is 5.80. The molecule has 0 aliphatic carbocycles. The average Bonchev–Trinajstić information content (AvgIpc) is 3.27. The van der Waals surface area contributed by atoms with Crippen molar-refractivity contribution in [1.82, 2.24) is 20.0 Å². The maximum absolute atomic E-state index is 13.2. The first-order chi connectivity index (χ1) is 12.6. The highest BCUT2D eigenvalue weighted by atomic mass is 19.2. The van der Waals surface area contributed by atoms with Gasteiger partial charge in [0.05, 0.1) is 12.7 Å². The number of benzene rings is 1. The Morgan fingerprint density at radius 2 is 2.23 bits per heavy atom. The molecule has 1 N–H and O–H groups in total. The summed E-state index contributed by atoms with van der Waals surface area (Å²) in [5, 5.41) is 7.49. The normalized spacial score (nSPS) is 17.6. The van der Waals surface area contributed by atoms with Gasteiger partial charge in [0, 0.05) is 45.4 Å². The summed E-state index contributed by atoms with van der Waals surface area (Å²) >= 11 is 0. The summed E-state index contributed by atoms with van der Waals surface area (Å²) in [6, 6.07) is 3.51. The van der Waals surface area contributed by atoms with E-state index >= 15 is 0 Å². The molecule has 1 aliphatic heterocycles. The smallest absolute Gasteiger partial charge is 0.193 e. The molecule has 2 heterocycles. The Morgan fingerprint density at radius 1 is 1.38 bits per heavy atom. The SMILES string of the molecule is CN=C(NCCOc1ccc(F)c(F)c1)N1CCC(c2cnn(C)c2)C1. The molecule has 1 aliphatic rings. The molecule has 1 atom stereocenters. The number of rotatable bonds is 5. The Kier molecular flexibility index (Phi) is 5.70. The minimum absolute atomic E-state index is 0.304. The zero-order valence-electron chi connectivity index (χ0n) is 15.0. The fourth-order valence-corrected chi connectivity index (χ4v) is 3.11. The molecule has 1 saturated heterocycles. The van der Waals surface area contributed by atoms with Crippen LogP contribution in [0.15, 0.2) is 35.6 Å². The second-order valence-electron chi connectivity index (χ2n) is 6.28. The topological polar surface area (TPSA) is 54.7 Å². The van der Waals surface area contributed by atoms with Gasteiger partial charge in [-0.2, -0.15) is 5.10 Å². The maximum atomic E-state index is 13.2. The van der Waals surface area contributed by atoms with Crippen molar-refractivity contribution < 1.29 is 13.5 Å². The summed E-state index contributed by atoms with van der Waals surface area (Å²) in [4.78, 5) is 6.52. The van der Waals surface area contributed by atoms with Gasteiger partial charge in [0.1, 0.15) is 12.4 Å². The number of ether oxygens (including phenoxy) is 1. The van der Waals surface area contributed by atoms with Crippen LogP contribution in [0, 0.1) is 11.6 Å². The number of aliphatic imine (C=N–C) groups is 1. The van der Waals surface area contributed by atoms with E-state index in [9.17, 15) is 8.78 Å². The predicted molar refractivity (Wildman–Crippen MR) is 95.4 cm³/mol. The average molecular weight is 363 g/mol. The van der Waals surface area contributed by atoms with Gasteiger partial charge in [-0.05, 0) is 24.1 Å². The second kappa shape index (κ2) is 8.16. The number of aryl methyl sites for hydroxylation is 1. The van der Waals surface area contributed by atoms with Crippen LogP contribution in [0.5, 0.6) is 5.75 Å². The molecule has 0 bridgehead atoms. The molecule has 8 heteroatoms. The minimum atomic E-state index is -0.912. The minimum Gasteiger partial charge on any atom is -0.492 e. The molecule has 1 unspecified atom stereocenters. The molecule has 140 valence electrons. The van der Waals surface area contributed by atoms with Crippen LogP contribution in [0.3, 0.4) is 0 Å².